The highest BCUT2D eigenvalue weighted by Crippen LogP contribution is 2.31. The van der Waals surface area contributed by atoms with Gasteiger partial charge in [0, 0.05) is 24.2 Å². The number of carbonyl (C=O) groups excluding carboxylic acids is 1. The summed E-state index contributed by atoms with van der Waals surface area (Å²) >= 11 is 0. The Balaban J connectivity index is 1.38. The minimum atomic E-state index is -3.55. The molecule has 2 heterocycles. The second-order valence-corrected chi connectivity index (χ2v) is 10.9. The van der Waals surface area contributed by atoms with Gasteiger partial charge in [0.05, 0.1) is 16.3 Å². The second-order valence-electron chi connectivity index (χ2n) is 8.96. The average Bonchev–Trinajstić information content (AvgIpc) is 3.42. The molecule has 7 nitrogen and oxygen atoms in total. The van der Waals surface area contributed by atoms with Crippen LogP contribution in [0.2, 0.25) is 0 Å². The number of nitrogens with zero attached hydrogens (tertiary/aromatic N) is 3. The van der Waals surface area contributed by atoms with Crippen LogP contribution in [0.25, 0.3) is 5.69 Å². The number of benzene rings is 2. The number of sulfonamides is 1. The summed E-state index contributed by atoms with van der Waals surface area (Å²) in [6.45, 7) is 3.16. The summed E-state index contributed by atoms with van der Waals surface area (Å²) in [6.07, 6.45) is 4.73. The molecule has 1 aliphatic carbocycles. The number of rotatable bonds is 5. The minimum Gasteiger partial charge on any atom is -0.306 e. The highest BCUT2D eigenvalue weighted by Gasteiger charge is 2.29. The van der Waals surface area contributed by atoms with Gasteiger partial charge in [-0.15, -0.1) is 0 Å². The molecular weight excluding hydrogens is 436 g/mol. The highest BCUT2D eigenvalue weighted by molar-refractivity contribution is 7.89. The van der Waals surface area contributed by atoms with Gasteiger partial charge in [0.2, 0.25) is 10.0 Å². The van der Waals surface area contributed by atoms with Crippen molar-refractivity contribution in [3.8, 4) is 5.69 Å². The first kappa shape index (κ1) is 21.9. The van der Waals surface area contributed by atoms with Crippen molar-refractivity contribution in [1.29, 1.82) is 0 Å². The average molecular weight is 465 g/mol. The zero-order valence-corrected chi connectivity index (χ0v) is 19.5. The van der Waals surface area contributed by atoms with E-state index in [0.717, 1.165) is 49.0 Å². The Morgan fingerprint density at radius 1 is 1.03 bits per heavy atom. The molecule has 8 heteroatoms. The molecule has 0 saturated carbocycles. The van der Waals surface area contributed by atoms with E-state index in [4.69, 9.17) is 5.10 Å². The van der Waals surface area contributed by atoms with Crippen molar-refractivity contribution >= 4 is 21.7 Å². The lowest BCUT2D eigenvalue weighted by atomic mass is 10.0. The molecular formula is C25H28N4O3S. The van der Waals surface area contributed by atoms with Crippen LogP contribution in [0, 0.1) is 5.92 Å². The van der Waals surface area contributed by atoms with Crippen LogP contribution in [0.5, 0.6) is 0 Å². The molecule has 0 spiro atoms. The number of hydrogen-bond acceptors (Lipinski definition) is 4. The number of hydrogen-bond donors (Lipinski definition) is 1. The number of piperidine rings is 1. The fourth-order valence-electron chi connectivity index (χ4n) is 4.75. The number of aromatic nitrogens is 2. The second kappa shape index (κ2) is 8.76. The first-order valence-corrected chi connectivity index (χ1v) is 13.0. The third-order valence-electron chi connectivity index (χ3n) is 6.51. The van der Waals surface area contributed by atoms with Gasteiger partial charge in [0.25, 0.3) is 5.91 Å². The molecule has 172 valence electrons. The van der Waals surface area contributed by atoms with E-state index < -0.39 is 10.0 Å². The summed E-state index contributed by atoms with van der Waals surface area (Å²) in [4.78, 5) is 13.3. The molecule has 2 aromatic carbocycles. The van der Waals surface area contributed by atoms with Crippen molar-refractivity contribution in [2.75, 3.05) is 18.4 Å². The van der Waals surface area contributed by atoms with Crippen molar-refractivity contribution in [2.24, 2.45) is 5.92 Å². The van der Waals surface area contributed by atoms with Crippen LogP contribution in [0.3, 0.4) is 0 Å². The number of para-hydroxylation sites is 1. The molecule has 1 aliphatic heterocycles. The van der Waals surface area contributed by atoms with Crippen LogP contribution < -0.4 is 5.32 Å². The number of aryl methyl sites for hydroxylation is 1. The molecule has 1 N–H and O–H groups in total. The fourth-order valence-corrected chi connectivity index (χ4v) is 6.35. The zero-order valence-electron chi connectivity index (χ0n) is 18.7. The van der Waals surface area contributed by atoms with E-state index in [-0.39, 0.29) is 10.8 Å². The van der Waals surface area contributed by atoms with Crippen LogP contribution in [-0.4, -0.2) is 41.5 Å². The van der Waals surface area contributed by atoms with Gasteiger partial charge in [-0.3, -0.25) is 4.79 Å². The van der Waals surface area contributed by atoms with E-state index >= 15 is 0 Å². The van der Waals surface area contributed by atoms with Gasteiger partial charge in [-0.05, 0) is 74.4 Å². The maximum atomic E-state index is 13.1. The van der Waals surface area contributed by atoms with Gasteiger partial charge in [-0.2, -0.15) is 9.40 Å². The van der Waals surface area contributed by atoms with Gasteiger partial charge in [0.1, 0.15) is 5.82 Å². The Morgan fingerprint density at radius 2 is 1.79 bits per heavy atom. The first-order chi connectivity index (χ1) is 15.9. The predicted octanol–water partition coefficient (Wildman–Crippen LogP) is 4.03. The lowest BCUT2D eigenvalue weighted by Crippen LogP contribution is -2.39. The number of carbonyl (C=O) groups is 1. The van der Waals surface area contributed by atoms with Gasteiger partial charge < -0.3 is 5.32 Å². The molecule has 3 aromatic rings. The molecule has 0 bridgehead atoms. The molecule has 1 unspecified atom stereocenters. The van der Waals surface area contributed by atoms with Crippen LogP contribution in [0.4, 0.5) is 5.82 Å². The van der Waals surface area contributed by atoms with E-state index in [2.05, 4.69) is 12.2 Å². The molecule has 0 radical (unpaired) electrons. The van der Waals surface area contributed by atoms with Crippen molar-refractivity contribution in [3.05, 3.63) is 71.4 Å². The van der Waals surface area contributed by atoms with Crippen molar-refractivity contribution in [2.45, 2.75) is 43.9 Å². The third-order valence-corrected chi connectivity index (χ3v) is 8.39. The summed E-state index contributed by atoms with van der Waals surface area (Å²) in [5, 5.41) is 7.76. The normalized spacial score (nSPS) is 18.8. The van der Waals surface area contributed by atoms with E-state index in [0.29, 0.717) is 30.4 Å². The topological polar surface area (TPSA) is 84.3 Å². The number of fused-ring (bicyclic) bond motifs is 1. The van der Waals surface area contributed by atoms with Crippen molar-refractivity contribution in [3.63, 3.8) is 0 Å². The standard InChI is InChI=1S/C25H28N4O3S/c1-18-7-6-16-28(17-18)33(31,32)21-14-12-19(13-15-21)25(30)26-24-22-10-5-11-23(22)27-29(24)20-8-3-2-4-9-20/h2-4,8-9,12-15,18H,5-7,10-11,16-17H2,1H3,(H,26,30). The Bertz CT molecular complexity index is 1270. The van der Waals surface area contributed by atoms with Gasteiger partial charge >= 0.3 is 0 Å². The zero-order chi connectivity index (χ0) is 23.0. The summed E-state index contributed by atoms with van der Waals surface area (Å²) in [6, 6.07) is 16.0. The highest BCUT2D eigenvalue weighted by atomic mass is 32.2. The largest absolute Gasteiger partial charge is 0.306 e. The first-order valence-electron chi connectivity index (χ1n) is 11.5. The lowest BCUT2D eigenvalue weighted by Gasteiger charge is -2.30. The number of anilines is 1. The molecule has 1 fully saturated rings. The number of amides is 1. The molecule has 1 saturated heterocycles. The molecule has 5 rings (SSSR count). The van der Waals surface area contributed by atoms with Gasteiger partial charge in [-0.1, -0.05) is 25.1 Å². The van der Waals surface area contributed by atoms with E-state index in [9.17, 15) is 13.2 Å². The molecule has 33 heavy (non-hydrogen) atoms. The summed E-state index contributed by atoms with van der Waals surface area (Å²) in [5.74, 6) is 0.768. The van der Waals surface area contributed by atoms with Crippen molar-refractivity contribution in [1.82, 2.24) is 14.1 Å². The monoisotopic (exact) mass is 464 g/mol. The van der Waals surface area contributed by atoms with Gasteiger partial charge in [-0.25, -0.2) is 13.1 Å². The molecule has 2 aliphatic rings. The quantitative estimate of drug-likeness (QED) is 0.618. The van der Waals surface area contributed by atoms with E-state index in [1.165, 1.54) is 12.1 Å². The summed E-state index contributed by atoms with van der Waals surface area (Å²) in [5.41, 5.74) is 3.39. The van der Waals surface area contributed by atoms with E-state index in [1.54, 1.807) is 21.1 Å². The smallest absolute Gasteiger partial charge is 0.256 e. The SMILES string of the molecule is CC1CCCN(S(=O)(=O)c2ccc(C(=O)Nc3c4c(nn3-c3ccccc3)CCC4)cc2)C1. The molecule has 1 atom stereocenters. The van der Waals surface area contributed by atoms with Crippen molar-refractivity contribution < 1.29 is 13.2 Å². The minimum absolute atomic E-state index is 0.225. The maximum Gasteiger partial charge on any atom is 0.256 e. The Kier molecular flexibility index (Phi) is 5.80. The Hall–Kier alpha value is -2.97. The Labute approximate surface area is 194 Å². The molecule has 1 aromatic heterocycles. The van der Waals surface area contributed by atoms with Gasteiger partial charge in [0.15, 0.2) is 0 Å². The summed E-state index contributed by atoms with van der Waals surface area (Å²) in [7, 11) is -3.55. The predicted molar refractivity (Wildman–Crippen MR) is 127 cm³/mol. The third kappa shape index (κ3) is 4.20. The van der Waals surface area contributed by atoms with Crippen LogP contribution in [0.1, 0.15) is 47.8 Å². The van der Waals surface area contributed by atoms with E-state index in [1.807, 2.05) is 30.3 Å². The maximum absolute atomic E-state index is 13.1. The van der Waals surface area contributed by atoms with Crippen LogP contribution in [-0.2, 0) is 22.9 Å². The number of nitrogens with one attached hydrogen (secondary N) is 1. The lowest BCUT2D eigenvalue weighted by molar-refractivity contribution is 0.102. The summed E-state index contributed by atoms with van der Waals surface area (Å²) < 4.78 is 29.4. The van der Waals surface area contributed by atoms with Crippen LogP contribution >= 0.6 is 0 Å². The Morgan fingerprint density at radius 3 is 2.52 bits per heavy atom. The van der Waals surface area contributed by atoms with Crippen LogP contribution in [0.15, 0.2) is 59.5 Å². The fraction of sp³-hybridized carbons (Fsp3) is 0.360. The molecule has 1 amide bonds.